The minimum absolute atomic E-state index is 0.0765. The standard InChI is InChI=1S/C28H23ClN2O5S/c1-4-15-5-11-20-22(13-15)37-28(30-20)31-24(19-14-18(35-2)10-12-21(19)36-3)23(26(33)27(31)34)25(32)16-6-8-17(29)9-7-16/h5-14,24,32H,4H2,1-3H3. The van der Waals surface area contributed by atoms with Crippen LogP contribution in [0.1, 0.15) is 29.7 Å². The quantitative estimate of drug-likeness (QED) is 0.181. The van der Waals surface area contributed by atoms with E-state index in [-0.39, 0.29) is 11.3 Å². The summed E-state index contributed by atoms with van der Waals surface area (Å²) in [5, 5.41) is 12.2. The number of amides is 1. The van der Waals surface area contributed by atoms with Gasteiger partial charge in [-0.25, -0.2) is 4.98 Å². The molecule has 37 heavy (non-hydrogen) atoms. The number of methoxy groups -OCH3 is 2. The molecule has 1 atom stereocenters. The first kappa shape index (κ1) is 24.8. The van der Waals surface area contributed by atoms with Gasteiger partial charge in [-0.05, 0) is 66.6 Å². The van der Waals surface area contributed by atoms with Crippen molar-refractivity contribution in [3.05, 3.63) is 87.9 Å². The highest BCUT2D eigenvalue weighted by atomic mass is 35.5. The third kappa shape index (κ3) is 4.32. The van der Waals surface area contributed by atoms with Crippen LogP contribution in [0, 0.1) is 0 Å². The Balaban J connectivity index is 1.77. The molecule has 0 radical (unpaired) electrons. The molecule has 9 heteroatoms. The van der Waals surface area contributed by atoms with Crippen molar-refractivity contribution in [2.75, 3.05) is 19.1 Å². The molecule has 1 aromatic heterocycles. The van der Waals surface area contributed by atoms with E-state index < -0.39 is 17.7 Å². The Kier molecular flexibility index (Phi) is 6.62. The van der Waals surface area contributed by atoms with Gasteiger partial charge >= 0.3 is 5.91 Å². The van der Waals surface area contributed by atoms with Crippen LogP contribution in [-0.4, -0.2) is 36.0 Å². The fourth-order valence-corrected chi connectivity index (χ4v) is 5.60. The second-order valence-electron chi connectivity index (χ2n) is 8.44. The van der Waals surface area contributed by atoms with E-state index in [9.17, 15) is 14.7 Å². The van der Waals surface area contributed by atoms with E-state index >= 15 is 0 Å². The summed E-state index contributed by atoms with van der Waals surface area (Å²) in [6.45, 7) is 2.06. The summed E-state index contributed by atoms with van der Waals surface area (Å²) in [6.07, 6.45) is 0.857. The number of ether oxygens (including phenoxy) is 2. The number of thiazole rings is 1. The Labute approximate surface area is 222 Å². The van der Waals surface area contributed by atoms with Gasteiger partial charge in [0.25, 0.3) is 5.78 Å². The fraction of sp³-hybridized carbons (Fsp3) is 0.179. The first-order chi connectivity index (χ1) is 17.9. The predicted molar refractivity (Wildman–Crippen MR) is 145 cm³/mol. The van der Waals surface area contributed by atoms with Crippen LogP contribution < -0.4 is 14.4 Å². The molecule has 3 aromatic carbocycles. The van der Waals surface area contributed by atoms with Crippen LogP contribution in [0.5, 0.6) is 11.5 Å². The molecule has 1 amide bonds. The van der Waals surface area contributed by atoms with Crippen molar-refractivity contribution in [2.24, 2.45) is 0 Å². The normalized spacial score (nSPS) is 17.0. The zero-order valence-corrected chi connectivity index (χ0v) is 21.9. The highest BCUT2D eigenvalue weighted by molar-refractivity contribution is 7.22. The monoisotopic (exact) mass is 534 g/mol. The van der Waals surface area contributed by atoms with Crippen LogP contribution in [0.15, 0.2) is 66.2 Å². The summed E-state index contributed by atoms with van der Waals surface area (Å²) in [5.41, 5.74) is 2.61. The number of carbonyl (C=O) groups excluding carboxylic acids is 2. The van der Waals surface area contributed by atoms with Gasteiger partial charge in [-0.3, -0.25) is 14.5 Å². The average Bonchev–Trinajstić information content (AvgIpc) is 3.45. The van der Waals surface area contributed by atoms with Crippen LogP contribution in [0.25, 0.3) is 16.0 Å². The number of aryl methyl sites for hydroxylation is 1. The van der Waals surface area contributed by atoms with Gasteiger partial charge in [0.1, 0.15) is 23.3 Å². The summed E-state index contributed by atoms with van der Waals surface area (Å²) in [5.74, 6) is -1.00. The predicted octanol–water partition coefficient (Wildman–Crippen LogP) is 6.16. The number of Topliss-reactive ketones (excluding diaryl/α,β-unsaturated/α-hetero) is 1. The number of anilines is 1. The van der Waals surface area contributed by atoms with Crippen molar-refractivity contribution in [1.29, 1.82) is 0 Å². The van der Waals surface area contributed by atoms with Crippen LogP contribution in [0.4, 0.5) is 5.13 Å². The Hall–Kier alpha value is -3.88. The van der Waals surface area contributed by atoms with Crippen molar-refractivity contribution in [2.45, 2.75) is 19.4 Å². The van der Waals surface area contributed by atoms with Gasteiger partial charge in [0, 0.05) is 16.1 Å². The summed E-state index contributed by atoms with van der Waals surface area (Å²) >= 11 is 7.34. The fourth-order valence-electron chi connectivity index (χ4n) is 4.42. The second kappa shape index (κ2) is 9.88. The van der Waals surface area contributed by atoms with E-state index in [0.717, 1.165) is 16.7 Å². The van der Waals surface area contributed by atoms with E-state index in [2.05, 4.69) is 11.9 Å². The molecule has 188 valence electrons. The molecule has 1 fully saturated rings. The third-order valence-electron chi connectivity index (χ3n) is 6.35. The summed E-state index contributed by atoms with van der Waals surface area (Å²) in [7, 11) is 3.02. The van der Waals surface area contributed by atoms with E-state index in [1.165, 1.54) is 30.5 Å². The molecule has 2 heterocycles. The summed E-state index contributed by atoms with van der Waals surface area (Å²) in [4.78, 5) is 33.1. The lowest BCUT2D eigenvalue weighted by Crippen LogP contribution is -2.29. The first-order valence-electron chi connectivity index (χ1n) is 11.5. The summed E-state index contributed by atoms with van der Waals surface area (Å²) in [6, 6.07) is 16.4. The molecule has 1 N–H and O–H groups in total. The number of benzene rings is 3. The van der Waals surface area contributed by atoms with Crippen LogP contribution in [0.3, 0.4) is 0 Å². The maximum Gasteiger partial charge on any atom is 0.301 e. The molecule has 1 saturated heterocycles. The number of nitrogens with zero attached hydrogens (tertiary/aromatic N) is 2. The van der Waals surface area contributed by atoms with Gasteiger partial charge in [0.05, 0.1) is 30.0 Å². The molecule has 0 spiro atoms. The van der Waals surface area contributed by atoms with Crippen molar-refractivity contribution >= 4 is 55.7 Å². The van der Waals surface area contributed by atoms with Gasteiger partial charge in [-0.1, -0.05) is 35.9 Å². The van der Waals surface area contributed by atoms with E-state index in [4.69, 9.17) is 21.1 Å². The molecule has 1 aliphatic heterocycles. The number of rotatable bonds is 6. The number of aliphatic hydroxyl groups excluding tert-OH is 1. The van der Waals surface area contributed by atoms with Crippen molar-refractivity contribution < 1.29 is 24.2 Å². The molecule has 4 aromatic rings. The van der Waals surface area contributed by atoms with Crippen LogP contribution in [0.2, 0.25) is 5.02 Å². The molecule has 7 nitrogen and oxygen atoms in total. The third-order valence-corrected chi connectivity index (χ3v) is 7.62. The molecule has 0 aliphatic carbocycles. The summed E-state index contributed by atoms with van der Waals surface area (Å²) < 4.78 is 11.9. The highest BCUT2D eigenvalue weighted by Crippen LogP contribution is 2.47. The molecule has 1 unspecified atom stereocenters. The maximum absolute atomic E-state index is 13.5. The molecule has 0 saturated carbocycles. The van der Waals surface area contributed by atoms with Gasteiger partial charge in [-0.15, -0.1) is 0 Å². The first-order valence-corrected chi connectivity index (χ1v) is 12.7. The van der Waals surface area contributed by atoms with Crippen molar-refractivity contribution in [3.63, 3.8) is 0 Å². The Morgan fingerprint density at radius 2 is 1.81 bits per heavy atom. The SMILES string of the molecule is CCc1ccc2nc(N3C(=O)C(=O)C(=C(O)c4ccc(Cl)cc4)C3c3cc(OC)ccc3OC)sc2c1. The van der Waals surface area contributed by atoms with Crippen molar-refractivity contribution in [1.82, 2.24) is 4.98 Å². The lowest BCUT2D eigenvalue weighted by atomic mass is 9.94. The number of carbonyl (C=O) groups is 2. The number of hydrogen-bond acceptors (Lipinski definition) is 7. The topological polar surface area (TPSA) is 89.0 Å². The number of aliphatic hydroxyl groups is 1. The average molecular weight is 535 g/mol. The van der Waals surface area contributed by atoms with Gasteiger partial charge in [-0.2, -0.15) is 0 Å². The van der Waals surface area contributed by atoms with Gasteiger partial charge in [0.15, 0.2) is 5.13 Å². The minimum Gasteiger partial charge on any atom is -0.507 e. The molecular weight excluding hydrogens is 512 g/mol. The van der Waals surface area contributed by atoms with Crippen LogP contribution in [-0.2, 0) is 16.0 Å². The number of hydrogen-bond donors (Lipinski definition) is 1. The molecule has 0 bridgehead atoms. The van der Waals surface area contributed by atoms with Crippen LogP contribution >= 0.6 is 22.9 Å². The number of ketones is 1. The second-order valence-corrected chi connectivity index (χ2v) is 9.88. The van der Waals surface area contributed by atoms with Crippen molar-refractivity contribution in [3.8, 4) is 11.5 Å². The largest absolute Gasteiger partial charge is 0.507 e. The molecule has 1 aliphatic rings. The zero-order valence-electron chi connectivity index (χ0n) is 20.3. The highest BCUT2D eigenvalue weighted by Gasteiger charge is 2.49. The number of fused-ring (bicyclic) bond motifs is 1. The lowest BCUT2D eigenvalue weighted by Gasteiger charge is -2.25. The molecule has 5 rings (SSSR count). The lowest BCUT2D eigenvalue weighted by molar-refractivity contribution is -0.132. The Morgan fingerprint density at radius 3 is 2.49 bits per heavy atom. The van der Waals surface area contributed by atoms with Gasteiger partial charge < -0.3 is 14.6 Å². The number of halogens is 1. The number of aromatic nitrogens is 1. The van der Waals surface area contributed by atoms with Gasteiger partial charge in [0.2, 0.25) is 0 Å². The molecular formula is C28H23ClN2O5S. The van der Waals surface area contributed by atoms with E-state index in [0.29, 0.717) is 38.3 Å². The minimum atomic E-state index is -1.01. The smallest absolute Gasteiger partial charge is 0.301 e. The van der Waals surface area contributed by atoms with E-state index in [1.807, 2.05) is 18.2 Å². The Bertz CT molecular complexity index is 1560. The zero-order chi connectivity index (χ0) is 26.3. The van der Waals surface area contributed by atoms with E-state index in [1.54, 1.807) is 42.5 Å². The maximum atomic E-state index is 13.5. The Morgan fingerprint density at radius 1 is 1.05 bits per heavy atom.